The summed E-state index contributed by atoms with van der Waals surface area (Å²) in [5.74, 6) is -0.0718. The van der Waals surface area contributed by atoms with E-state index in [0.29, 0.717) is 13.2 Å². The smallest absolute Gasteiger partial charge is 0.252 e. The maximum absolute atomic E-state index is 12.1. The number of rotatable bonds is 6. The molecule has 0 bridgehead atoms. The Balaban J connectivity index is 2.10. The normalized spacial score (nSPS) is 10.7. The fourth-order valence-electron chi connectivity index (χ4n) is 2.03. The lowest BCUT2D eigenvalue weighted by Gasteiger charge is -2.19. The first-order valence-electron chi connectivity index (χ1n) is 6.55. The van der Waals surface area contributed by atoms with Gasteiger partial charge in [0, 0.05) is 19.5 Å². The van der Waals surface area contributed by atoms with Crippen molar-refractivity contribution in [3.05, 3.63) is 42.5 Å². The molecule has 2 aromatic carbocycles. The highest BCUT2D eigenvalue weighted by molar-refractivity contribution is 6.03. The van der Waals surface area contributed by atoms with E-state index in [9.17, 15) is 4.79 Å². The molecule has 106 valence electrons. The molecule has 20 heavy (non-hydrogen) atoms. The summed E-state index contributed by atoms with van der Waals surface area (Å²) in [6, 6.07) is 13.9. The zero-order valence-electron chi connectivity index (χ0n) is 11.8. The molecular formula is C16H19NO3. The van der Waals surface area contributed by atoms with Crippen molar-refractivity contribution >= 4 is 22.4 Å². The Labute approximate surface area is 118 Å². The molecule has 0 atom stereocenters. The number of carbonyl (C=O) groups is 1. The van der Waals surface area contributed by atoms with Crippen LogP contribution in [0, 0.1) is 0 Å². The maximum atomic E-state index is 12.1. The Kier molecular flexibility index (Phi) is 5.09. The van der Waals surface area contributed by atoms with Gasteiger partial charge in [-0.2, -0.15) is 0 Å². The number of benzene rings is 2. The molecule has 0 spiro atoms. The molecule has 0 aliphatic heterocycles. The van der Waals surface area contributed by atoms with Crippen molar-refractivity contribution in [3.8, 4) is 0 Å². The zero-order chi connectivity index (χ0) is 14.4. The van der Waals surface area contributed by atoms with Gasteiger partial charge in [0.1, 0.15) is 6.61 Å². The topological polar surface area (TPSA) is 38.8 Å². The van der Waals surface area contributed by atoms with Crippen molar-refractivity contribution in [2.45, 2.75) is 0 Å². The van der Waals surface area contributed by atoms with Crippen molar-refractivity contribution in [3.63, 3.8) is 0 Å². The molecule has 0 heterocycles. The second-order valence-electron chi connectivity index (χ2n) is 4.50. The molecule has 0 radical (unpaired) electrons. The lowest BCUT2D eigenvalue weighted by Crippen LogP contribution is -2.30. The van der Waals surface area contributed by atoms with Gasteiger partial charge in [-0.15, -0.1) is 0 Å². The summed E-state index contributed by atoms with van der Waals surface area (Å²) in [6.45, 7) is 0.972. The van der Waals surface area contributed by atoms with Crippen LogP contribution in [0.25, 0.3) is 10.8 Å². The number of fused-ring (bicyclic) bond motifs is 1. The zero-order valence-corrected chi connectivity index (χ0v) is 11.8. The van der Waals surface area contributed by atoms with Gasteiger partial charge in [-0.1, -0.05) is 36.4 Å². The molecule has 4 heteroatoms. The van der Waals surface area contributed by atoms with E-state index in [0.717, 1.165) is 16.5 Å². The van der Waals surface area contributed by atoms with Gasteiger partial charge >= 0.3 is 0 Å². The number of methoxy groups -OCH3 is 1. The minimum absolute atomic E-state index is 0.0586. The maximum Gasteiger partial charge on any atom is 0.252 e. The van der Waals surface area contributed by atoms with Gasteiger partial charge in [0.05, 0.1) is 18.9 Å². The van der Waals surface area contributed by atoms with Gasteiger partial charge in [-0.05, 0) is 11.5 Å². The third kappa shape index (κ3) is 3.35. The molecule has 0 aliphatic carbocycles. The molecule has 0 saturated carbocycles. The molecule has 4 nitrogen and oxygen atoms in total. The lowest BCUT2D eigenvalue weighted by molar-refractivity contribution is -0.123. The molecule has 0 fully saturated rings. The Morgan fingerprint density at radius 1 is 1.10 bits per heavy atom. The van der Waals surface area contributed by atoms with Crippen molar-refractivity contribution in [1.29, 1.82) is 0 Å². The second-order valence-corrected chi connectivity index (χ2v) is 4.50. The first-order valence-corrected chi connectivity index (χ1v) is 6.55. The molecule has 0 saturated heterocycles. The first kappa shape index (κ1) is 14.5. The van der Waals surface area contributed by atoms with E-state index in [4.69, 9.17) is 9.47 Å². The molecule has 0 aliphatic rings. The van der Waals surface area contributed by atoms with E-state index in [1.807, 2.05) is 42.5 Å². The second kappa shape index (κ2) is 7.03. The summed E-state index contributed by atoms with van der Waals surface area (Å²) in [5.41, 5.74) is 0.892. The number of nitrogens with zero attached hydrogens (tertiary/aromatic N) is 1. The minimum Gasteiger partial charge on any atom is -0.382 e. The van der Waals surface area contributed by atoms with Gasteiger partial charge < -0.3 is 14.4 Å². The number of likely N-dealkylation sites (N-methyl/N-ethyl adjacent to an activating group) is 1. The number of anilines is 1. The van der Waals surface area contributed by atoms with Gasteiger partial charge in [-0.3, -0.25) is 4.79 Å². The first-order chi connectivity index (χ1) is 9.74. The van der Waals surface area contributed by atoms with Crippen LogP contribution in [-0.2, 0) is 14.3 Å². The van der Waals surface area contributed by atoms with Gasteiger partial charge in [0.25, 0.3) is 5.91 Å². The largest absolute Gasteiger partial charge is 0.382 e. The van der Waals surface area contributed by atoms with Crippen molar-refractivity contribution < 1.29 is 14.3 Å². The summed E-state index contributed by atoms with van der Waals surface area (Å²) in [6.07, 6.45) is 0. The van der Waals surface area contributed by atoms with Crippen molar-refractivity contribution in [2.24, 2.45) is 0 Å². The van der Waals surface area contributed by atoms with Crippen LogP contribution in [0.2, 0.25) is 0 Å². The van der Waals surface area contributed by atoms with Crippen LogP contribution in [0.3, 0.4) is 0 Å². The molecule has 0 aromatic heterocycles. The van der Waals surface area contributed by atoms with Gasteiger partial charge in [-0.25, -0.2) is 0 Å². The van der Waals surface area contributed by atoms with E-state index < -0.39 is 0 Å². The van der Waals surface area contributed by atoms with Crippen LogP contribution in [0.4, 0.5) is 5.69 Å². The fourth-order valence-corrected chi connectivity index (χ4v) is 2.03. The van der Waals surface area contributed by atoms with Crippen molar-refractivity contribution in [2.75, 3.05) is 38.9 Å². The monoisotopic (exact) mass is 273 g/mol. The minimum atomic E-state index is -0.0718. The Bertz CT molecular complexity index is 577. The van der Waals surface area contributed by atoms with E-state index >= 15 is 0 Å². The number of hydrogen-bond acceptors (Lipinski definition) is 3. The predicted octanol–water partition coefficient (Wildman–Crippen LogP) is 2.47. The standard InChI is InChI=1S/C16H19NO3/c1-17(16(18)12-20-11-10-19-2)15-9-5-7-13-6-3-4-8-14(13)15/h3-9H,10-12H2,1-2H3. The number of hydrogen-bond donors (Lipinski definition) is 0. The van der Waals surface area contributed by atoms with Crippen LogP contribution < -0.4 is 4.90 Å². The number of carbonyl (C=O) groups excluding carboxylic acids is 1. The predicted molar refractivity (Wildman–Crippen MR) is 80.1 cm³/mol. The number of ether oxygens (including phenoxy) is 2. The third-order valence-corrected chi connectivity index (χ3v) is 3.16. The molecule has 2 rings (SSSR count). The van der Waals surface area contributed by atoms with Crippen LogP contribution in [-0.4, -0.2) is 39.9 Å². The summed E-state index contributed by atoms with van der Waals surface area (Å²) < 4.78 is 10.2. The van der Waals surface area contributed by atoms with Gasteiger partial charge in [0.2, 0.25) is 0 Å². The molecule has 2 aromatic rings. The summed E-state index contributed by atoms with van der Waals surface area (Å²) in [5, 5.41) is 2.17. The van der Waals surface area contributed by atoms with E-state index in [1.165, 1.54) is 0 Å². The number of amides is 1. The third-order valence-electron chi connectivity index (χ3n) is 3.16. The average Bonchev–Trinajstić information content (AvgIpc) is 2.50. The Hall–Kier alpha value is -1.91. The van der Waals surface area contributed by atoms with Crippen LogP contribution >= 0.6 is 0 Å². The molecular weight excluding hydrogens is 254 g/mol. The van der Waals surface area contributed by atoms with Crippen molar-refractivity contribution in [1.82, 2.24) is 0 Å². The Morgan fingerprint density at radius 3 is 2.65 bits per heavy atom. The quantitative estimate of drug-likeness (QED) is 0.759. The van der Waals surface area contributed by atoms with E-state index in [1.54, 1.807) is 19.1 Å². The summed E-state index contributed by atoms with van der Waals surface area (Å²) in [4.78, 5) is 13.7. The fraction of sp³-hybridized carbons (Fsp3) is 0.312. The van der Waals surface area contributed by atoms with Gasteiger partial charge in [0.15, 0.2) is 0 Å². The average molecular weight is 273 g/mol. The summed E-state index contributed by atoms with van der Waals surface area (Å²) >= 11 is 0. The van der Waals surface area contributed by atoms with Crippen LogP contribution in [0.1, 0.15) is 0 Å². The van der Waals surface area contributed by atoms with Crippen LogP contribution in [0.5, 0.6) is 0 Å². The molecule has 0 unspecified atom stereocenters. The highest BCUT2D eigenvalue weighted by Gasteiger charge is 2.13. The van der Waals surface area contributed by atoms with Crippen LogP contribution in [0.15, 0.2) is 42.5 Å². The van der Waals surface area contributed by atoms with E-state index in [2.05, 4.69) is 0 Å². The molecule has 0 N–H and O–H groups in total. The Morgan fingerprint density at radius 2 is 1.85 bits per heavy atom. The lowest BCUT2D eigenvalue weighted by atomic mass is 10.1. The SMILES string of the molecule is COCCOCC(=O)N(C)c1cccc2ccccc12. The summed E-state index contributed by atoms with van der Waals surface area (Å²) in [7, 11) is 3.37. The highest BCUT2D eigenvalue weighted by Crippen LogP contribution is 2.25. The van der Waals surface area contributed by atoms with E-state index in [-0.39, 0.29) is 12.5 Å². The highest BCUT2D eigenvalue weighted by atomic mass is 16.5. The molecule has 1 amide bonds.